The first-order chi connectivity index (χ1) is 13.5. The molecule has 0 unspecified atom stereocenters. The normalized spacial score (nSPS) is 10.3. The van der Waals surface area contributed by atoms with Crippen molar-refractivity contribution >= 4 is 12.2 Å². The van der Waals surface area contributed by atoms with E-state index in [1.165, 1.54) is 16.7 Å². The number of halogens is 1. The molecule has 7 heteroatoms. The predicted molar refractivity (Wildman–Crippen MR) is 101 cm³/mol. The molecule has 2 N–H and O–H groups in total. The van der Waals surface area contributed by atoms with Crippen molar-refractivity contribution in [3.8, 4) is 34.2 Å². The number of methoxy groups -OCH3 is 1. The maximum Gasteiger partial charge on any atom is 0.237 e. The SMILES string of the molecule is COc1ccc(-c2c(-c3ccc(C#N)c(F)c3)cc(C=O)n2CC(N)=O)cc1. The van der Waals surface area contributed by atoms with Crippen molar-refractivity contribution in [3.63, 3.8) is 0 Å². The number of nitriles is 1. The first-order valence-electron chi connectivity index (χ1n) is 8.30. The molecule has 0 radical (unpaired) electrons. The number of nitrogens with two attached hydrogens (primary N) is 1. The fourth-order valence-corrected chi connectivity index (χ4v) is 3.05. The van der Waals surface area contributed by atoms with Gasteiger partial charge in [0, 0.05) is 5.56 Å². The van der Waals surface area contributed by atoms with Crippen LogP contribution in [0.5, 0.6) is 5.75 Å². The summed E-state index contributed by atoms with van der Waals surface area (Å²) in [5, 5.41) is 8.94. The Morgan fingerprint density at radius 3 is 2.43 bits per heavy atom. The van der Waals surface area contributed by atoms with Gasteiger partial charge >= 0.3 is 0 Å². The van der Waals surface area contributed by atoms with Crippen LogP contribution < -0.4 is 10.5 Å². The van der Waals surface area contributed by atoms with Gasteiger partial charge in [0.2, 0.25) is 5.91 Å². The van der Waals surface area contributed by atoms with Gasteiger partial charge in [-0.05, 0) is 53.6 Å². The molecule has 140 valence electrons. The van der Waals surface area contributed by atoms with E-state index in [9.17, 15) is 14.0 Å². The summed E-state index contributed by atoms with van der Waals surface area (Å²) in [5.74, 6) is -0.652. The number of carbonyl (C=O) groups is 2. The van der Waals surface area contributed by atoms with Gasteiger partial charge in [0.15, 0.2) is 6.29 Å². The summed E-state index contributed by atoms with van der Waals surface area (Å²) >= 11 is 0. The average molecular weight is 377 g/mol. The van der Waals surface area contributed by atoms with Gasteiger partial charge in [-0.2, -0.15) is 5.26 Å². The van der Waals surface area contributed by atoms with Crippen molar-refractivity contribution in [1.82, 2.24) is 4.57 Å². The second-order valence-electron chi connectivity index (χ2n) is 6.04. The van der Waals surface area contributed by atoms with Gasteiger partial charge in [-0.15, -0.1) is 0 Å². The molecule has 1 amide bonds. The summed E-state index contributed by atoms with van der Waals surface area (Å²) in [6.45, 7) is -0.214. The Kier molecular flexibility index (Phi) is 5.23. The lowest BCUT2D eigenvalue weighted by Gasteiger charge is -2.13. The highest BCUT2D eigenvalue weighted by molar-refractivity contribution is 5.90. The number of benzene rings is 2. The quantitative estimate of drug-likeness (QED) is 0.667. The molecule has 0 spiro atoms. The third-order valence-corrected chi connectivity index (χ3v) is 4.33. The number of hydrogen-bond donors (Lipinski definition) is 1. The van der Waals surface area contributed by atoms with E-state index < -0.39 is 11.7 Å². The molecule has 0 bridgehead atoms. The van der Waals surface area contributed by atoms with Crippen LogP contribution in [0.4, 0.5) is 4.39 Å². The summed E-state index contributed by atoms with van der Waals surface area (Å²) in [5.41, 5.74) is 7.73. The van der Waals surface area contributed by atoms with E-state index in [1.54, 1.807) is 49.6 Å². The fraction of sp³-hybridized carbons (Fsp3) is 0.0952. The highest BCUT2D eigenvalue weighted by atomic mass is 19.1. The molecule has 0 atom stereocenters. The van der Waals surface area contributed by atoms with Crippen LogP contribution >= 0.6 is 0 Å². The van der Waals surface area contributed by atoms with E-state index in [0.29, 0.717) is 34.4 Å². The van der Waals surface area contributed by atoms with Crippen LogP contribution in [0.25, 0.3) is 22.4 Å². The molecule has 0 aliphatic rings. The van der Waals surface area contributed by atoms with Crippen LogP contribution in [0, 0.1) is 17.1 Å². The van der Waals surface area contributed by atoms with Gasteiger partial charge in [0.1, 0.15) is 24.2 Å². The van der Waals surface area contributed by atoms with Gasteiger partial charge in [-0.3, -0.25) is 9.59 Å². The molecule has 1 heterocycles. The van der Waals surface area contributed by atoms with Crippen LogP contribution in [-0.4, -0.2) is 23.9 Å². The molecule has 2 aromatic carbocycles. The standard InChI is InChI=1S/C21H16FN3O3/c1-28-17-6-4-13(5-7-17)21-18(9-16(12-26)25(21)11-20(24)27)14-2-3-15(10-23)19(22)8-14/h2-9,12H,11H2,1H3,(H2,24,27). The zero-order valence-electron chi connectivity index (χ0n) is 15.0. The molecule has 0 aliphatic heterocycles. The lowest BCUT2D eigenvalue weighted by Crippen LogP contribution is -2.20. The number of aromatic nitrogens is 1. The van der Waals surface area contributed by atoms with Crippen LogP contribution in [-0.2, 0) is 11.3 Å². The van der Waals surface area contributed by atoms with Crippen LogP contribution in [0.1, 0.15) is 16.1 Å². The predicted octanol–water partition coefficient (Wildman–Crippen LogP) is 3.14. The topological polar surface area (TPSA) is 98.1 Å². The summed E-state index contributed by atoms with van der Waals surface area (Å²) in [6.07, 6.45) is 0.611. The van der Waals surface area contributed by atoms with E-state index in [2.05, 4.69) is 0 Å². The smallest absolute Gasteiger partial charge is 0.237 e. The van der Waals surface area contributed by atoms with E-state index in [-0.39, 0.29) is 17.8 Å². The third-order valence-electron chi connectivity index (χ3n) is 4.33. The van der Waals surface area contributed by atoms with E-state index >= 15 is 0 Å². The number of primary amides is 1. The number of rotatable bonds is 6. The first kappa shape index (κ1) is 18.9. The molecule has 3 aromatic rings. The second kappa shape index (κ2) is 7.76. The zero-order valence-corrected chi connectivity index (χ0v) is 15.0. The van der Waals surface area contributed by atoms with E-state index in [0.717, 1.165) is 0 Å². The molecular formula is C21H16FN3O3. The molecule has 0 saturated heterocycles. The highest BCUT2D eigenvalue weighted by Crippen LogP contribution is 2.36. The Morgan fingerprint density at radius 2 is 1.89 bits per heavy atom. The van der Waals surface area contributed by atoms with Gasteiger partial charge in [-0.1, -0.05) is 6.07 Å². The van der Waals surface area contributed by atoms with Crippen LogP contribution in [0.3, 0.4) is 0 Å². The van der Waals surface area contributed by atoms with Crippen molar-refractivity contribution in [2.24, 2.45) is 5.73 Å². The minimum absolute atomic E-state index is 0.0815. The van der Waals surface area contributed by atoms with Gasteiger partial charge in [0.25, 0.3) is 0 Å². The fourth-order valence-electron chi connectivity index (χ4n) is 3.05. The van der Waals surface area contributed by atoms with Gasteiger partial charge in [0.05, 0.1) is 24.1 Å². The molecule has 0 saturated carbocycles. The number of aldehydes is 1. The summed E-state index contributed by atoms with van der Waals surface area (Å²) in [7, 11) is 1.54. The molecule has 3 rings (SSSR count). The monoisotopic (exact) mass is 377 g/mol. The van der Waals surface area contributed by atoms with Crippen molar-refractivity contribution in [2.75, 3.05) is 7.11 Å². The second-order valence-corrected chi connectivity index (χ2v) is 6.04. The first-order valence-corrected chi connectivity index (χ1v) is 8.30. The Balaban J connectivity index is 2.28. The molecule has 6 nitrogen and oxygen atoms in total. The molecule has 1 aromatic heterocycles. The minimum atomic E-state index is -0.670. The summed E-state index contributed by atoms with van der Waals surface area (Å²) in [6, 6.07) is 14.5. The summed E-state index contributed by atoms with van der Waals surface area (Å²) in [4.78, 5) is 23.2. The highest BCUT2D eigenvalue weighted by Gasteiger charge is 2.20. The number of carbonyl (C=O) groups excluding carboxylic acids is 2. The number of amides is 1. The Labute approximate surface area is 160 Å². The molecule has 0 aliphatic carbocycles. The van der Waals surface area contributed by atoms with Crippen molar-refractivity contribution in [2.45, 2.75) is 6.54 Å². The van der Waals surface area contributed by atoms with Crippen molar-refractivity contribution in [1.29, 1.82) is 5.26 Å². The molecular weight excluding hydrogens is 361 g/mol. The lowest BCUT2D eigenvalue weighted by molar-refractivity contribution is -0.118. The average Bonchev–Trinajstić information content (AvgIpc) is 3.05. The van der Waals surface area contributed by atoms with Crippen LogP contribution in [0.15, 0.2) is 48.5 Å². The number of nitrogens with zero attached hydrogens (tertiary/aromatic N) is 2. The van der Waals surface area contributed by atoms with Gasteiger partial charge in [-0.25, -0.2) is 4.39 Å². The van der Waals surface area contributed by atoms with Crippen LogP contribution in [0.2, 0.25) is 0 Å². The number of hydrogen-bond acceptors (Lipinski definition) is 4. The molecule has 28 heavy (non-hydrogen) atoms. The maximum absolute atomic E-state index is 14.2. The third kappa shape index (κ3) is 3.48. The molecule has 0 fully saturated rings. The van der Waals surface area contributed by atoms with E-state index in [4.69, 9.17) is 15.7 Å². The number of ether oxygens (including phenoxy) is 1. The minimum Gasteiger partial charge on any atom is -0.497 e. The Hall–Kier alpha value is -3.92. The summed E-state index contributed by atoms with van der Waals surface area (Å²) < 4.78 is 20.8. The Morgan fingerprint density at radius 1 is 1.21 bits per heavy atom. The Bertz CT molecular complexity index is 1100. The largest absolute Gasteiger partial charge is 0.497 e. The van der Waals surface area contributed by atoms with Crippen molar-refractivity contribution < 1.29 is 18.7 Å². The van der Waals surface area contributed by atoms with E-state index in [1.807, 2.05) is 0 Å². The maximum atomic E-state index is 14.2. The zero-order chi connectivity index (χ0) is 20.3. The van der Waals surface area contributed by atoms with Gasteiger partial charge < -0.3 is 15.0 Å². The van der Waals surface area contributed by atoms with Crippen molar-refractivity contribution in [3.05, 3.63) is 65.6 Å². The lowest BCUT2D eigenvalue weighted by atomic mass is 10.00.